The molecule has 0 fully saturated rings. The van der Waals surface area contributed by atoms with Gasteiger partial charge in [-0.2, -0.15) is 5.10 Å². The first-order chi connectivity index (χ1) is 11.5. The van der Waals surface area contributed by atoms with E-state index in [9.17, 15) is 9.59 Å². The van der Waals surface area contributed by atoms with E-state index in [-0.39, 0.29) is 18.4 Å². The summed E-state index contributed by atoms with van der Waals surface area (Å²) in [5.41, 5.74) is 2.60. The summed E-state index contributed by atoms with van der Waals surface area (Å²) in [6.45, 7) is 1.75. The van der Waals surface area contributed by atoms with Gasteiger partial charge in [0.25, 0.3) is 5.91 Å². The van der Waals surface area contributed by atoms with Gasteiger partial charge in [-0.25, -0.2) is 4.52 Å². The summed E-state index contributed by atoms with van der Waals surface area (Å²) < 4.78 is 1.60. The SMILES string of the molecule is Cc1ccc(NC(=O)CNC(=O)c2cnn3ccccc23)c(Cl)c1. The lowest BCUT2D eigenvalue weighted by molar-refractivity contribution is -0.115. The van der Waals surface area contributed by atoms with Crippen LogP contribution in [0.25, 0.3) is 5.52 Å². The average Bonchev–Trinajstić information content (AvgIpc) is 2.99. The lowest BCUT2D eigenvalue weighted by Crippen LogP contribution is -2.32. The van der Waals surface area contributed by atoms with Gasteiger partial charge in [0.05, 0.1) is 34.5 Å². The van der Waals surface area contributed by atoms with Crippen LogP contribution < -0.4 is 10.6 Å². The summed E-state index contributed by atoms with van der Waals surface area (Å²) in [5, 5.41) is 9.80. The van der Waals surface area contributed by atoms with E-state index in [0.717, 1.165) is 5.56 Å². The van der Waals surface area contributed by atoms with Crippen molar-refractivity contribution in [3.63, 3.8) is 0 Å². The molecule has 0 saturated carbocycles. The molecule has 2 aromatic heterocycles. The Bertz CT molecular complexity index is 920. The van der Waals surface area contributed by atoms with E-state index in [1.807, 2.05) is 25.1 Å². The monoisotopic (exact) mass is 342 g/mol. The normalized spacial score (nSPS) is 10.6. The number of nitrogens with zero attached hydrogens (tertiary/aromatic N) is 2. The van der Waals surface area contributed by atoms with E-state index in [0.29, 0.717) is 21.8 Å². The zero-order valence-electron chi connectivity index (χ0n) is 12.9. The molecule has 0 bridgehead atoms. The first-order valence-corrected chi connectivity index (χ1v) is 7.69. The van der Waals surface area contributed by atoms with Crippen LogP contribution in [0.4, 0.5) is 5.69 Å². The largest absolute Gasteiger partial charge is 0.343 e. The third-order valence-corrected chi connectivity index (χ3v) is 3.79. The van der Waals surface area contributed by atoms with Crippen molar-refractivity contribution < 1.29 is 9.59 Å². The van der Waals surface area contributed by atoms with Gasteiger partial charge in [0.15, 0.2) is 0 Å². The van der Waals surface area contributed by atoms with Gasteiger partial charge in [-0.1, -0.05) is 23.7 Å². The lowest BCUT2D eigenvalue weighted by Gasteiger charge is -2.08. The molecule has 0 spiro atoms. The van der Waals surface area contributed by atoms with Crippen LogP contribution in [0.2, 0.25) is 5.02 Å². The minimum atomic E-state index is -0.360. The van der Waals surface area contributed by atoms with Crippen molar-refractivity contribution in [1.82, 2.24) is 14.9 Å². The Hall–Kier alpha value is -2.86. The van der Waals surface area contributed by atoms with Crippen LogP contribution in [0.15, 0.2) is 48.8 Å². The van der Waals surface area contributed by atoms with Crippen LogP contribution in [0.3, 0.4) is 0 Å². The average molecular weight is 343 g/mol. The number of pyridine rings is 1. The fourth-order valence-electron chi connectivity index (χ4n) is 2.28. The summed E-state index contributed by atoms with van der Waals surface area (Å²) in [6, 6.07) is 10.8. The lowest BCUT2D eigenvalue weighted by atomic mass is 10.2. The third-order valence-electron chi connectivity index (χ3n) is 3.48. The second kappa shape index (κ2) is 6.72. The minimum absolute atomic E-state index is 0.160. The second-order valence-corrected chi connectivity index (χ2v) is 5.71. The van der Waals surface area contributed by atoms with Crippen LogP contribution in [0.5, 0.6) is 0 Å². The first kappa shape index (κ1) is 16.0. The van der Waals surface area contributed by atoms with Crippen molar-refractivity contribution in [1.29, 1.82) is 0 Å². The molecule has 122 valence electrons. The molecule has 0 unspecified atom stereocenters. The van der Waals surface area contributed by atoms with Gasteiger partial charge in [0.1, 0.15) is 0 Å². The van der Waals surface area contributed by atoms with Gasteiger partial charge in [0.2, 0.25) is 5.91 Å². The Labute approximate surface area is 143 Å². The second-order valence-electron chi connectivity index (χ2n) is 5.30. The maximum atomic E-state index is 12.2. The highest BCUT2D eigenvalue weighted by Gasteiger charge is 2.13. The number of amides is 2. The molecular formula is C17H15ClN4O2. The van der Waals surface area contributed by atoms with Crippen LogP contribution >= 0.6 is 11.6 Å². The molecule has 0 saturated heterocycles. The van der Waals surface area contributed by atoms with Crippen LogP contribution in [0, 0.1) is 6.92 Å². The van der Waals surface area contributed by atoms with Crippen LogP contribution in [0.1, 0.15) is 15.9 Å². The fourth-order valence-corrected chi connectivity index (χ4v) is 2.56. The van der Waals surface area contributed by atoms with Gasteiger partial charge in [-0.3, -0.25) is 9.59 Å². The third kappa shape index (κ3) is 3.38. The molecule has 0 aliphatic carbocycles. The van der Waals surface area contributed by atoms with E-state index < -0.39 is 0 Å². The highest BCUT2D eigenvalue weighted by Crippen LogP contribution is 2.22. The van der Waals surface area contributed by atoms with Crippen molar-refractivity contribution >= 4 is 34.6 Å². The number of anilines is 1. The molecule has 1 aromatic carbocycles. The van der Waals surface area contributed by atoms with E-state index in [1.165, 1.54) is 6.20 Å². The molecule has 0 aliphatic heterocycles. The van der Waals surface area contributed by atoms with Crippen molar-refractivity contribution in [2.24, 2.45) is 0 Å². The highest BCUT2D eigenvalue weighted by molar-refractivity contribution is 6.33. The number of aromatic nitrogens is 2. The Morgan fingerprint density at radius 2 is 2.08 bits per heavy atom. The van der Waals surface area contributed by atoms with Crippen molar-refractivity contribution in [2.75, 3.05) is 11.9 Å². The number of benzene rings is 1. The number of carbonyl (C=O) groups excluding carboxylic acids is 2. The number of carbonyl (C=O) groups is 2. The molecule has 2 N–H and O–H groups in total. The first-order valence-electron chi connectivity index (χ1n) is 7.31. The number of halogens is 1. The molecule has 3 rings (SSSR count). The molecule has 0 aliphatic rings. The minimum Gasteiger partial charge on any atom is -0.343 e. The number of rotatable bonds is 4. The smallest absolute Gasteiger partial charge is 0.255 e. The molecule has 3 aromatic rings. The van der Waals surface area contributed by atoms with Crippen molar-refractivity contribution in [3.8, 4) is 0 Å². The molecule has 7 heteroatoms. The van der Waals surface area contributed by atoms with Crippen molar-refractivity contribution in [2.45, 2.75) is 6.92 Å². The molecule has 2 heterocycles. The zero-order valence-corrected chi connectivity index (χ0v) is 13.7. The molecule has 0 radical (unpaired) electrons. The number of nitrogens with one attached hydrogen (secondary N) is 2. The summed E-state index contributed by atoms with van der Waals surface area (Å²) >= 11 is 6.07. The standard InChI is InChI=1S/C17H15ClN4O2/c1-11-5-6-14(13(18)8-11)21-16(23)10-19-17(24)12-9-20-22-7-3-2-4-15(12)22/h2-9H,10H2,1H3,(H,19,24)(H,21,23). The number of hydrogen-bond acceptors (Lipinski definition) is 3. The molecule has 2 amide bonds. The topological polar surface area (TPSA) is 75.5 Å². The van der Waals surface area contributed by atoms with Gasteiger partial charge >= 0.3 is 0 Å². The molecular weight excluding hydrogens is 328 g/mol. The summed E-state index contributed by atoms with van der Waals surface area (Å²) in [4.78, 5) is 24.2. The Balaban J connectivity index is 1.62. The number of hydrogen-bond donors (Lipinski definition) is 2. The molecule has 24 heavy (non-hydrogen) atoms. The van der Waals surface area contributed by atoms with Crippen LogP contribution in [-0.4, -0.2) is 28.0 Å². The maximum absolute atomic E-state index is 12.2. The Kier molecular flexibility index (Phi) is 4.48. The van der Waals surface area contributed by atoms with E-state index in [1.54, 1.807) is 28.9 Å². The van der Waals surface area contributed by atoms with Gasteiger partial charge in [-0.05, 0) is 36.8 Å². The van der Waals surface area contributed by atoms with E-state index >= 15 is 0 Å². The Morgan fingerprint density at radius 1 is 1.25 bits per heavy atom. The number of fused-ring (bicyclic) bond motifs is 1. The van der Waals surface area contributed by atoms with E-state index in [4.69, 9.17) is 11.6 Å². The van der Waals surface area contributed by atoms with Crippen LogP contribution in [-0.2, 0) is 4.79 Å². The van der Waals surface area contributed by atoms with Gasteiger partial charge in [-0.15, -0.1) is 0 Å². The predicted molar refractivity (Wildman–Crippen MR) is 92.3 cm³/mol. The number of aryl methyl sites for hydroxylation is 1. The summed E-state index contributed by atoms with van der Waals surface area (Å²) in [7, 11) is 0. The van der Waals surface area contributed by atoms with Gasteiger partial charge < -0.3 is 10.6 Å². The Morgan fingerprint density at radius 3 is 2.88 bits per heavy atom. The van der Waals surface area contributed by atoms with E-state index in [2.05, 4.69) is 15.7 Å². The van der Waals surface area contributed by atoms with Gasteiger partial charge in [0, 0.05) is 6.20 Å². The molecule has 6 nitrogen and oxygen atoms in total. The van der Waals surface area contributed by atoms with Crippen molar-refractivity contribution in [3.05, 3.63) is 64.9 Å². The summed E-state index contributed by atoms with van der Waals surface area (Å²) in [6.07, 6.45) is 3.22. The maximum Gasteiger partial charge on any atom is 0.255 e. The molecule has 0 atom stereocenters. The summed E-state index contributed by atoms with van der Waals surface area (Å²) in [5.74, 6) is -0.716. The quantitative estimate of drug-likeness (QED) is 0.765. The highest BCUT2D eigenvalue weighted by atomic mass is 35.5. The predicted octanol–water partition coefficient (Wildman–Crippen LogP) is 2.66. The fraction of sp³-hybridized carbons (Fsp3) is 0.118. The zero-order chi connectivity index (χ0) is 17.1.